The van der Waals surface area contributed by atoms with E-state index in [1.807, 2.05) is 13.8 Å². The summed E-state index contributed by atoms with van der Waals surface area (Å²) in [5, 5.41) is 11.1. The van der Waals surface area contributed by atoms with E-state index in [1.54, 1.807) is 12.1 Å². The van der Waals surface area contributed by atoms with Gasteiger partial charge in [0.25, 0.3) is 5.69 Å². The standard InChI is InChI=1S/C15H22N2O3/c1-10(2)9-16(11(3)4)13-6-7-14(12(5)18)15(8-13)17(19)20/h6-8,10-11H,9H2,1-5H3. The fraction of sp³-hybridized carbons (Fsp3) is 0.533. The second kappa shape index (κ2) is 6.50. The van der Waals surface area contributed by atoms with E-state index in [9.17, 15) is 14.9 Å². The molecule has 0 spiro atoms. The van der Waals surface area contributed by atoms with Crippen LogP contribution in [-0.4, -0.2) is 23.3 Å². The minimum Gasteiger partial charge on any atom is -0.369 e. The maximum atomic E-state index is 11.4. The Labute approximate surface area is 119 Å². The van der Waals surface area contributed by atoms with Gasteiger partial charge in [-0.1, -0.05) is 13.8 Å². The third kappa shape index (κ3) is 3.79. The summed E-state index contributed by atoms with van der Waals surface area (Å²) in [4.78, 5) is 24.2. The van der Waals surface area contributed by atoms with Gasteiger partial charge in [0.1, 0.15) is 0 Å². The van der Waals surface area contributed by atoms with E-state index >= 15 is 0 Å². The maximum absolute atomic E-state index is 11.4. The number of ketones is 1. The van der Waals surface area contributed by atoms with E-state index < -0.39 is 4.92 Å². The number of nitro groups is 1. The van der Waals surface area contributed by atoms with Crippen LogP contribution < -0.4 is 4.90 Å². The van der Waals surface area contributed by atoms with Crippen molar-refractivity contribution in [2.24, 2.45) is 5.92 Å². The molecule has 0 radical (unpaired) electrons. The Morgan fingerprint density at radius 3 is 2.30 bits per heavy atom. The minimum absolute atomic E-state index is 0.121. The summed E-state index contributed by atoms with van der Waals surface area (Å²) in [5.74, 6) is 0.159. The molecule has 0 N–H and O–H groups in total. The van der Waals surface area contributed by atoms with Crippen molar-refractivity contribution in [2.75, 3.05) is 11.4 Å². The Kier molecular flexibility index (Phi) is 5.25. The van der Waals surface area contributed by atoms with Crippen molar-refractivity contribution in [1.29, 1.82) is 0 Å². The molecule has 5 heteroatoms. The largest absolute Gasteiger partial charge is 0.369 e. The van der Waals surface area contributed by atoms with Gasteiger partial charge < -0.3 is 4.90 Å². The van der Waals surface area contributed by atoms with Crippen molar-refractivity contribution in [3.05, 3.63) is 33.9 Å². The second-order valence-corrected chi connectivity index (χ2v) is 5.65. The van der Waals surface area contributed by atoms with Gasteiger partial charge in [-0.3, -0.25) is 14.9 Å². The third-order valence-electron chi connectivity index (χ3n) is 3.07. The fourth-order valence-electron chi connectivity index (χ4n) is 2.16. The van der Waals surface area contributed by atoms with Gasteiger partial charge in [0.2, 0.25) is 0 Å². The van der Waals surface area contributed by atoms with E-state index in [1.165, 1.54) is 13.0 Å². The van der Waals surface area contributed by atoms with Crippen molar-refractivity contribution in [3.8, 4) is 0 Å². The number of rotatable bonds is 6. The Bertz CT molecular complexity index is 510. The monoisotopic (exact) mass is 278 g/mol. The van der Waals surface area contributed by atoms with E-state index in [4.69, 9.17) is 0 Å². The third-order valence-corrected chi connectivity index (χ3v) is 3.07. The summed E-state index contributed by atoms with van der Waals surface area (Å²) in [6.07, 6.45) is 0. The number of hydrogen-bond donors (Lipinski definition) is 0. The van der Waals surface area contributed by atoms with Crippen molar-refractivity contribution in [1.82, 2.24) is 0 Å². The lowest BCUT2D eigenvalue weighted by Gasteiger charge is -2.30. The molecule has 1 aromatic rings. The summed E-state index contributed by atoms with van der Waals surface area (Å²) >= 11 is 0. The fourth-order valence-corrected chi connectivity index (χ4v) is 2.16. The molecule has 5 nitrogen and oxygen atoms in total. The van der Waals surface area contributed by atoms with Crippen molar-refractivity contribution < 1.29 is 9.72 Å². The van der Waals surface area contributed by atoms with E-state index in [2.05, 4.69) is 18.7 Å². The van der Waals surface area contributed by atoms with Crippen LogP contribution in [0.3, 0.4) is 0 Å². The summed E-state index contributed by atoms with van der Waals surface area (Å²) in [6, 6.07) is 5.07. The molecule has 0 heterocycles. The van der Waals surface area contributed by atoms with Gasteiger partial charge in [-0.15, -0.1) is 0 Å². The molecule has 110 valence electrons. The average Bonchev–Trinajstić information content (AvgIpc) is 2.34. The Hall–Kier alpha value is -1.91. The molecular formula is C15H22N2O3. The zero-order valence-corrected chi connectivity index (χ0v) is 12.7. The molecule has 0 aliphatic rings. The van der Waals surface area contributed by atoms with E-state index in [0.29, 0.717) is 5.92 Å². The molecule has 0 aliphatic heterocycles. The quantitative estimate of drug-likeness (QED) is 0.452. The highest BCUT2D eigenvalue weighted by molar-refractivity contribution is 5.98. The Balaban J connectivity index is 3.27. The molecule has 0 aliphatic carbocycles. The SMILES string of the molecule is CC(=O)c1ccc(N(CC(C)C)C(C)C)cc1[N+](=O)[O-]. The van der Waals surface area contributed by atoms with Gasteiger partial charge in [0, 0.05) is 24.3 Å². The van der Waals surface area contributed by atoms with Crippen LogP contribution >= 0.6 is 0 Å². The van der Waals surface area contributed by atoms with Crippen LogP contribution in [0.4, 0.5) is 11.4 Å². The van der Waals surface area contributed by atoms with Gasteiger partial charge in [-0.2, -0.15) is 0 Å². The van der Waals surface area contributed by atoms with Gasteiger partial charge in [0.05, 0.1) is 10.5 Å². The topological polar surface area (TPSA) is 63.5 Å². The van der Waals surface area contributed by atoms with E-state index in [0.717, 1.165) is 12.2 Å². The predicted octanol–water partition coefficient (Wildman–Crippen LogP) is 3.67. The number of carbonyl (C=O) groups is 1. The van der Waals surface area contributed by atoms with Gasteiger partial charge in [-0.25, -0.2) is 0 Å². The normalized spacial score (nSPS) is 10.9. The van der Waals surface area contributed by atoms with Crippen LogP contribution in [0.2, 0.25) is 0 Å². The Morgan fingerprint density at radius 2 is 1.90 bits per heavy atom. The molecule has 0 amide bonds. The number of Topliss-reactive ketones (excluding diaryl/α,β-unsaturated/α-hetero) is 1. The number of nitro benzene ring substituents is 1. The van der Waals surface area contributed by atoms with Crippen LogP contribution in [0.1, 0.15) is 45.0 Å². The summed E-state index contributed by atoms with van der Waals surface area (Å²) < 4.78 is 0. The van der Waals surface area contributed by atoms with Gasteiger partial charge >= 0.3 is 0 Å². The van der Waals surface area contributed by atoms with Crippen molar-refractivity contribution in [3.63, 3.8) is 0 Å². The number of benzene rings is 1. The van der Waals surface area contributed by atoms with E-state index in [-0.39, 0.29) is 23.1 Å². The summed E-state index contributed by atoms with van der Waals surface area (Å²) in [7, 11) is 0. The van der Waals surface area contributed by atoms with Crippen LogP contribution in [0, 0.1) is 16.0 Å². The molecule has 0 saturated carbocycles. The smallest absolute Gasteiger partial charge is 0.282 e. The highest BCUT2D eigenvalue weighted by Gasteiger charge is 2.21. The summed E-state index contributed by atoms with van der Waals surface area (Å²) in [5.41, 5.74) is 0.821. The lowest BCUT2D eigenvalue weighted by Crippen LogP contribution is -2.34. The van der Waals surface area contributed by atoms with Gasteiger partial charge in [-0.05, 0) is 38.8 Å². The van der Waals surface area contributed by atoms with Crippen LogP contribution in [-0.2, 0) is 0 Å². The summed E-state index contributed by atoms with van der Waals surface area (Å²) in [6.45, 7) is 10.5. The molecule has 0 atom stereocenters. The van der Waals surface area contributed by atoms with Crippen LogP contribution in [0.5, 0.6) is 0 Å². The second-order valence-electron chi connectivity index (χ2n) is 5.65. The first-order chi connectivity index (χ1) is 9.23. The van der Waals surface area contributed by atoms with Crippen LogP contribution in [0.15, 0.2) is 18.2 Å². The molecule has 1 aromatic carbocycles. The number of nitrogens with zero attached hydrogens (tertiary/aromatic N) is 2. The average molecular weight is 278 g/mol. The first-order valence-electron chi connectivity index (χ1n) is 6.80. The molecular weight excluding hydrogens is 256 g/mol. The highest BCUT2D eigenvalue weighted by Crippen LogP contribution is 2.27. The van der Waals surface area contributed by atoms with Crippen molar-refractivity contribution >= 4 is 17.2 Å². The number of carbonyl (C=O) groups excluding carboxylic acids is 1. The van der Waals surface area contributed by atoms with Crippen molar-refractivity contribution in [2.45, 2.75) is 40.7 Å². The lowest BCUT2D eigenvalue weighted by molar-refractivity contribution is -0.385. The van der Waals surface area contributed by atoms with Crippen LogP contribution in [0.25, 0.3) is 0 Å². The zero-order valence-electron chi connectivity index (χ0n) is 12.7. The zero-order chi connectivity index (χ0) is 15.4. The molecule has 1 rings (SSSR count). The molecule has 0 saturated heterocycles. The number of hydrogen-bond acceptors (Lipinski definition) is 4. The molecule has 0 bridgehead atoms. The molecule has 0 aromatic heterocycles. The lowest BCUT2D eigenvalue weighted by atomic mass is 10.1. The maximum Gasteiger partial charge on any atom is 0.282 e. The Morgan fingerprint density at radius 1 is 1.30 bits per heavy atom. The molecule has 0 unspecified atom stereocenters. The first-order valence-corrected chi connectivity index (χ1v) is 6.80. The number of anilines is 1. The highest BCUT2D eigenvalue weighted by atomic mass is 16.6. The molecule has 20 heavy (non-hydrogen) atoms. The first kappa shape index (κ1) is 16.1. The predicted molar refractivity (Wildman–Crippen MR) is 80.4 cm³/mol. The van der Waals surface area contributed by atoms with Gasteiger partial charge in [0.15, 0.2) is 5.78 Å². The molecule has 0 fully saturated rings. The minimum atomic E-state index is -0.492.